The predicted molar refractivity (Wildman–Crippen MR) is 86.9 cm³/mol. The van der Waals surface area contributed by atoms with Gasteiger partial charge in [-0.3, -0.25) is 9.59 Å². The number of hydrogen-bond donors (Lipinski definition) is 2. The molecule has 0 saturated heterocycles. The van der Waals surface area contributed by atoms with Crippen LogP contribution in [-0.2, 0) is 19.1 Å². The Hall–Kier alpha value is -2.09. The SMILES string of the molecule is CCCNC(=O)CNC(=O)COC(=O)COc1cccc(Br)c1. The Balaban J connectivity index is 2.17. The van der Waals surface area contributed by atoms with E-state index in [1.165, 1.54) is 0 Å². The van der Waals surface area contributed by atoms with Crippen LogP contribution < -0.4 is 15.4 Å². The van der Waals surface area contributed by atoms with Crippen molar-refractivity contribution in [3.63, 3.8) is 0 Å². The number of rotatable bonds is 9. The van der Waals surface area contributed by atoms with Crippen LogP contribution in [0.5, 0.6) is 5.75 Å². The minimum absolute atomic E-state index is 0.148. The van der Waals surface area contributed by atoms with Crippen LogP contribution in [0.25, 0.3) is 0 Å². The third kappa shape index (κ3) is 8.82. The Bertz CT molecular complexity index is 550. The van der Waals surface area contributed by atoms with E-state index in [-0.39, 0.29) is 19.1 Å². The zero-order valence-electron chi connectivity index (χ0n) is 12.8. The lowest BCUT2D eigenvalue weighted by atomic mass is 10.3. The number of esters is 1. The number of ether oxygens (including phenoxy) is 2. The first kappa shape index (κ1) is 19.0. The highest BCUT2D eigenvalue weighted by Gasteiger charge is 2.09. The fourth-order valence-corrected chi connectivity index (χ4v) is 1.82. The van der Waals surface area contributed by atoms with E-state index in [0.29, 0.717) is 12.3 Å². The predicted octanol–water partition coefficient (Wildman–Crippen LogP) is 1.01. The zero-order chi connectivity index (χ0) is 17.1. The van der Waals surface area contributed by atoms with Crippen molar-refractivity contribution in [2.75, 3.05) is 26.3 Å². The molecule has 1 aromatic carbocycles. The molecule has 0 aliphatic carbocycles. The molecule has 0 saturated carbocycles. The summed E-state index contributed by atoms with van der Waals surface area (Å²) < 4.78 is 10.8. The van der Waals surface area contributed by atoms with Gasteiger partial charge in [-0.2, -0.15) is 0 Å². The molecule has 8 heteroatoms. The minimum Gasteiger partial charge on any atom is -0.482 e. The zero-order valence-corrected chi connectivity index (χ0v) is 14.4. The molecule has 1 rings (SSSR count). The quantitative estimate of drug-likeness (QED) is 0.617. The number of hydrogen-bond acceptors (Lipinski definition) is 5. The minimum atomic E-state index is -0.671. The van der Waals surface area contributed by atoms with Crippen molar-refractivity contribution in [2.45, 2.75) is 13.3 Å². The molecule has 0 heterocycles. The molecule has 0 bridgehead atoms. The summed E-state index contributed by atoms with van der Waals surface area (Å²) in [6.07, 6.45) is 0.815. The van der Waals surface area contributed by atoms with Crippen molar-refractivity contribution in [2.24, 2.45) is 0 Å². The Kier molecular flexibility index (Phi) is 8.74. The largest absolute Gasteiger partial charge is 0.482 e. The number of carbonyl (C=O) groups is 3. The Morgan fingerprint density at radius 3 is 2.61 bits per heavy atom. The summed E-state index contributed by atoms with van der Waals surface area (Å²) in [4.78, 5) is 34.2. The summed E-state index contributed by atoms with van der Waals surface area (Å²) in [6, 6.07) is 6.99. The molecular weight excluding hydrogens is 368 g/mol. The molecule has 0 fully saturated rings. The van der Waals surface area contributed by atoms with Crippen LogP contribution in [0.15, 0.2) is 28.7 Å². The normalized spacial score (nSPS) is 9.83. The third-order valence-corrected chi connectivity index (χ3v) is 3.03. The van der Waals surface area contributed by atoms with Crippen LogP contribution >= 0.6 is 15.9 Å². The number of carbonyl (C=O) groups excluding carboxylic acids is 3. The van der Waals surface area contributed by atoms with Gasteiger partial charge in [-0.05, 0) is 24.6 Å². The van der Waals surface area contributed by atoms with Crippen LogP contribution in [0.3, 0.4) is 0 Å². The van der Waals surface area contributed by atoms with Crippen LogP contribution in [0.2, 0.25) is 0 Å². The van der Waals surface area contributed by atoms with Crippen LogP contribution in [0.1, 0.15) is 13.3 Å². The first-order chi connectivity index (χ1) is 11.0. The maximum absolute atomic E-state index is 11.5. The first-order valence-electron chi connectivity index (χ1n) is 7.08. The van der Waals surface area contributed by atoms with Gasteiger partial charge in [0, 0.05) is 11.0 Å². The standard InChI is InChI=1S/C15H19BrN2O5/c1-2-6-17-13(19)8-18-14(20)9-23-15(21)10-22-12-5-3-4-11(16)7-12/h3-5,7H,2,6,8-10H2,1H3,(H,17,19)(H,18,20). The van der Waals surface area contributed by atoms with Gasteiger partial charge in [0.15, 0.2) is 13.2 Å². The molecule has 7 nitrogen and oxygen atoms in total. The average molecular weight is 387 g/mol. The monoisotopic (exact) mass is 386 g/mol. The smallest absolute Gasteiger partial charge is 0.344 e. The summed E-state index contributed by atoms with van der Waals surface area (Å²) in [7, 11) is 0. The first-order valence-corrected chi connectivity index (χ1v) is 7.88. The molecule has 0 aliphatic heterocycles. The summed E-state index contributed by atoms with van der Waals surface area (Å²) in [5.74, 6) is -0.999. The highest BCUT2D eigenvalue weighted by molar-refractivity contribution is 9.10. The summed E-state index contributed by atoms with van der Waals surface area (Å²) in [5.41, 5.74) is 0. The highest BCUT2D eigenvalue weighted by Crippen LogP contribution is 2.17. The third-order valence-electron chi connectivity index (χ3n) is 2.54. The van der Waals surface area contributed by atoms with E-state index >= 15 is 0 Å². The second kappa shape index (κ2) is 10.6. The van der Waals surface area contributed by atoms with Crippen LogP contribution in [0.4, 0.5) is 0 Å². The van der Waals surface area contributed by atoms with Crippen LogP contribution in [0, 0.1) is 0 Å². The van der Waals surface area contributed by atoms with Crippen molar-refractivity contribution < 1.29 is 23.9 Å². The topological polar surface area (TPSA) is 93.7 Å². The number of benzene rings is 1. The van der Waals surface area contributed by atoms with Crippen LogP contribution in [-0.4, -0.2) is 44.1 Å². The lowest BCUT2D eigenvalue weighted by Gasteiger charge is -2.08. The molecule has 126 valence electrons. The van der Waals surface area contributed by atoms with E-state index in [4.69, 9.17) is 9.47 Å². The summed E-state index contributed by atoms with van der Waals surface area (Å²) in [5, 5.41) is 4.96. The van der Waals surface area contributed by atoms with Crippen molar-refractivity contribution in [3.8, 4) is 5.75 Å². The lowest BCUT2D eigenvalue weighted by molar-refractivity contribution is -0.150. The fourth-order valence-electron chi connectivity index (χ4n) is 1.44. The molecule has 0 atom stereocenters. The molecule has 0 unspecified atom stereocenters. The lowest BCUT2D eigenvalue weighted by Crippen LogP contribution is -2.39. The summed E-state index contributed by atoms with van der Waals surface area (Å²) in [6.45, 7) is 1.57. The highest BCUT2D eigenvalue weighted by atomic mass is 79.9. The van der Waals surface area contributed by atoms with Gasteiger partial charge < -0.3 is 20.1 Å². The van der Waals surface area contributed by atoms with Gasteiger partial charge in [-0.25, -0.2) is 4.79 Å². The van der Waals surface area contributed by atoms with Gasteiger partial charge in [0.1, 0.15) is 5.75 Å². The second-order valence-corrected chi connectivity index (χ2v) is 5.45. The molecular formula is C15H19BrN2O5. The van der Waals surface area contributed by atoms with E-state index in [1.54, 1.807) is 18.2 Å². The van der Waals surface area contributed by atoms with Gasteiger partial charge >= 0.3 is 5.97 Å². The number of nitrogens with one attached hydrogen (secondary N) is 2. The van der Waals surface area contributed by atoms with E-state index < -0.39 is 18.5 Å². The van der Waals surface area contributed by atoms with Gasteiger partial charge in [-0.15, -0.1) is 0 Å². The number of halogens is 1. The summed E-state index contributed by atoms with van der Waals surface area (Å²) >= 11 is 3.28. The molecule has 1 aromatic rings. The maximum Gasteiger partial charge on any atom is 0.344 e. The molecule has 23 heavy (non-hydrogen) atoms. The average Bonchev–Trinajstić information content (AvgIpc) is 2.54. The van der Waals surface area contributed by atoms with Crippen molar-refractivity contribution in [3.05, 3.63) is 28.7 Å². The number of amides is 2. The molecule has 2 amide bonds. The Morgan fingerprint density at radius 1 is 1.13 bits per heavy atom. The molecule has 2 N–H and O–H groups in total. The fraction of sp³-hybridized carbons (Fsp3) is 0.400. The molecule has 0 aromatic heterocycles. The molecule has 0 aliphatic rings. The van der Waals surface area contributed by atoms with E-state index in [9.17, 15) is 14.4 Å². The second-order valence-electron chi connectivity index (χ2n) is 4.53. The van der Waals surface area contributed by atoms with E-state index in [2.05, 4.69) is 26.6 Å². The van der Waals surface area contributed by atoms with Crippen molar-refractivity contribution in [1.29, 1.82) is 0 Å². The van der Waals surface area contributed by atoms with Gasteiger partial charge in [0.05, 0.1) is 6.54 Å². The Labute approximate surface area is 142 Å². The van der Waals surface area contributed by atoms with E-state index in [0.717, 1.165) is 10.9 Å². The maximum atomic E-state index is 11.5. The molecule has 0 radical (unpaired) electrons. The molecule has 0 spiro atoms. The Morgan fingerprint density at radius 2 is 1.91 bits per heavy atom. The van der Waals surface area contributed by atoms with Gasteiger partial charge in [-0.1, -0.05) is 28.9 Å². The van der Waals surface area contributed by atoms with Gasteiger partial charge in [0.25, 0.3) is 5.91 Å². The van der Waals surface area contributed by atoms with Crippen molar-refractivity contribution in [1.82, 2.24) is 10.6 Å². The van der Waals surface area contributed by atoms with Gasteiger partial charge in [0.2, 0.25) is 5.91 Å². The van der Waals surface area contributed by atoms with E-state index in [1.807, 2.05) is 13.0 Å². The van der Waals surface area contributed by atoms with Crippen molar-refractivity contribution >= 4 is 33.7 Å².